The molecule has 1 heterocycles. The molecule has 4 rings (SSSR count). The van der Waals surface area contributed by atoms with Crippen LogP contribution in [0.1, 0.15) is 50.4 Å². The Labute approximate surface area is 255 Å². The van der Waals surface area contributed by atoms with Gasteiger partial charge >= 0.3 is 6.03 Å². The molecule has 0 aromatic heterocycles. The minimum atomic E-state index is -0.431. The molecule has 9 nitrogen and oxygen atoms in total. The maximum atomic E-state index is 14.2. The minimum Gasteiger partial charge on any atom is -0.490 e. The van der Waals surface area contributed by atoms with E-state index in [0.29, 0.717) is 35.8 Å². The van der Waals surface area contributed by atoms with Crippen LogP contribution < -0.4 is 15.4 Å². The zero-order valence-electron chi connectivity index (χ0n) is 26.0. The van der Waals surface area contributed by atoms with E-state index in [2.05, 4.69) is 22.5 Å². The predicted molar refractivity (Wildman–Crippen MR) is 172 cm³/mol. The van der Waals surface area contributed by atoms with Crippen LogP contribution in [-0.4, -0.2) is 85.5 Å². The lowest BCUT2D eigenvalue weighted by molar-refractivity contribution is -0.0137. The minimum absolute atomic E-state index is 0.0133. The molecule has 0 fully saturated rings. The van der Waals surface area contributed by atoms with E-state index in [9.17, 15) is 14.7 Å². The SMILES string of the molecule is C[C@@H]1CCCCO[C@@H](CN(C)C)[C@@H](C)CN([C@@H](C)CO)C(=O)c2cc(NC(=O)Nc3cccc4ccccc34)ccc2O1. The third-order valence-corrected chi connectivity index (χ3v) is 7.89. The van der Waals surface area contributed by atoms with E-state index in [1.807, 2.05) is 70.4 Å². The molecular weight excluding hydrogens is 544 g/mol. The smallest absolute Gasteiger partial charge is 0.323 e. The molecule has 0 aliphatic carbocycles. The number of aliphatic hydroxyl groups is 1. The third-order valence-electron chi connectivity index (χ3n) is 7.89. The van der Waals surface area contributed by atoms with Crippen LogP contribution in [0.5, 0.6) is 5.75 Å². The molecule has 0 bridgehead atoms. The number of benzene rings is 3. The van der Waals surface area contributed by atoms with E-state index in [0.717, 1.165) is 36.6 Å². The average Bonchev–Trinajstić information content (AvgIpc) is 2.98. The molecule has 3 N–H and O–H groups in total. The standard InChI is InChI=1S/C34H46N4O5/c1-23-20-38(24(2)22-39)33(40)29-19-27(35-34(41)36-30-15-10-13-26-12-6-7-14-28(26)30)16-17-31(29)43-25(3)11-8-9-18-42-32(23)21-37(4)5/h6-7,10,12-17,19,23-25,32,39H,8-9,11,18,20-22H2,1-5H3,(H2,35,36,41)/t23-,24-,25+,32-/m0/s1. The van der Waals surface area contributed by atoms with Crippen LogP contribution in [0.4, 0.5) is 16.2 Å². The van der Waals surface area contributed by atoms with E-state index in [4.69, 9.17) is 9.47 Å². The summed E-state index contributed by atoms with van der Waals surface area (Å²) in [5, 5.41) is 17.9. The molecule has 3 aromatic rings. The Balaban J connectivity index is 1.63. The molecular formula is C34H46N4O5. The van der Waals surface area contributed by atoms with Gasteiger partial charge in [-0.1, -0.05) is 43.3 Å². The maximum absolute atomic E-state index is 14.2. The number of likely N-dealkylation sites (N-methyl/N-ethyl adjacent to an activating group) is 1. The van der Waals surface area contributed by atoms with E-state index >= 15 is 0 Å². The Hall–Kier alpha value is -3.66. The number of nitrogens with zero attached hydrogens (tertiary/aromatic N) is 2. The molecule has 9 heteroatoms. The van der Waals surface area contributed by atoms with Gasteiger partial charge in [0.1, 0.15) is 5.75 Å². The molecule has 0 saturated heterocycles. The maximum Gasteiger partial charge on any atom is 0.323 e. The van der Waals surface area contributed by atoms with Gasteiger partial charge in [-0.2, -0.15) is 0 Å². The number of nitrogens with one attached hydrogen (secondary N) is 2. The van der Waals surface area contributed by atoms with Crippen LogP contribution in [0, 0.1) is 5.92 Å². The number of hydrogen-bond donors (Lipinski definition) is 3. The van der Waals surface area contributed by atoms with Crippen molar-refractivity contribution in [1.29, 1.82) is 0 Å². The van der Waals surface area contributed by atoms with Gasteiger partial charge in [0.25, 0.3) is 5.91 Å². The summed E-state index contributed by atoms with van der Waals surface area (Å²) in [6.07, 6.45) is 2.48. The average molecular weight is 591 g/mol. The predicted octanol–water partition coefficient (Wildman–Crippen LogP) is 5.84. The second kappa shape index (κ2) is 15.2. The molecule has 0 saturated carbocycles. The number of anilines is 2. The Morgan fingerprint density at radius 3 is 2.60 bits per heavy atom. The number of rotatable bonds is 6. The van der Waals surface area contributed by atoms with E-state index in [1.54, 1.807) is 23.1 Å². The molecule has 4 atom stereocenters. The summed E-state index contributed by atoms with van der Waals surface area (Å²) in [6, 6.07) is 17.9. The first-order chi connectivity index (χ1) is 20.7. The molecule has 43 heavy (non-hydrogen) atoms. The van der Waals surface area contributed by atoms with E-state index in [-0.39, 0.29) is 30.6 Å². The fourth-order valence-electron chi connectivity index (χ4n) is 5.44. The number of urea groups is 1. The monoisotopic (exact) mass is 590 g/mol. The summed E-state index contributed by atoms with van der Waals surface area (Å²) >= 11 is 0. The van der Waals surface area contributed by atoms with Gasteiger partial charge in [0, 0.05) is 36.7 Å². The van der Waals surface area contributed by atoms with Crippen LogP contribution in [0.15, 0.2) is 60.7 Å². The number of hydrogen-bond acceptors (Lipinski definition) is 6. The normalized spacial score (nSPS) is 21.0. The highest BCUT2D eigenvalue weighted by Gasteiger charge is 2.30. The van der Waals surface area contributed by atoms with Gasteiger partial charge in [0.2, 0.25) is 0 Å². The second-order valence-corrected chi connectivity index (χ2v) is 11.9. The summed E-state index contributed by atoms with van der Waals surface area (Å²) in [5.41, 5.74) is 1.48. The number of amides is 3. The summed E-state index contributed by atoms with van der Waals surface area (Å²) < 4.78 is 12.6. The highest BCUT2D eigenvalue weighted by atomic mass is 16.5. The first-order valence-electron chi connectivity index (χ1n) is 15.2. The number of carbonyl (C=O) groups is 2. The first-order valence-corrected chi connectivity index (χ1v) is 15.2. The van der Waals surface area contributed by atoms with Gasteiger partial charge < -0.3 is 35.0 Å². The summed E-state index contributed by atoms with van der Waals surface area (Å²) in [4.78, 5) is 31.1. The van der Waals surface area contributed by atoms with Crippen molar-refractivity contribution < 1.29 is 24.2 Å². The molecule has 3 aromatic carbocycles. The Kier molecular flexibility index (Phi) is 11.4. The van der Waals surface area contributed by atoms with Crippen molar-refractivity contribution in [2.45, 2.75) is 58.3 Å². The third kappa shape index (κ3) is 8.69. The largest absolute Gasteiger partial charge is 0.490 e. The van der Waals surface area contributed by atoms with Crippen LogP contribution in [-0.2, 0) is 4.74 Å². The lowest BCUT2D eigenvalue weighted by Crippen LogP contribution is -2.47. The number of aliphatic hydroxyl groups excluding tert-OH is 1. The van der Waals surface area contributed by atoms with E-state index in [1.165, 1.54) is 0 Å². The molecule has 0 unspecified atom stereocenters. The van der Waals surface area contributed by atoms with Crippen molar-refractivity contribution in [3.63, 3.8) is 0 Å². The number of fused-ring (bicyclic) bond motifs is 2. The number of carbonyl (C=O) groups excluding carboxylic acids is 2. The molecule has 3 amide bonds. The molecule has 1 aliphatic rings. The molecule has 1 aliphatic heterocycles. The van der Waals surface area contributed by atoms with Crippen molar-refractivity contribution in [3.8, 4) is 5.75 Å². The van der Waals surface area contributed by atoms with Crippen LogP contribution in [0.2, 0.25) is 0 Å². The van der Waals surface area contributed by atoms with Gasteiger partial charge in [-0.3, -0.25) is 4.79 Å². The lowest BCUT2D eigenvalue weighted by Gasteiger charge is -2.35. The zero-order valence-corrected chi connectivity index (χ0v) is 26.0. The lowest BCUT2D eigenvalue weighted by atomic mass is 10.0. The Morgan fingerprint density at radius 2 is 1.84 bits per heavy atom. The van der Waals surface area contributed by atoms with Gasteiger partial charge in [-0.05, 0) is 76.9 Å². The molecule has 232 valence electrons. The van der Waals surface area contributed by atoms with Gasteiger partial charge in [0.15, 0.2) is 0 Å². The van der Waals surface area contributed by atoms with Crippen molar-refractivity contribution in [2.24, 2.45) is 5.92 Å². The molecule has 0 spiro atoms. The Morgan fingerprint density at radius 1 is 1.07 bits per heavy atom. The van der Waals surface area contributed by atoms with Crippen LogP contribution in [0.3, 0.4) is 0 Å². The van der Waals surface area contributed by atoms with Gasteiger partial charge in [-0.25, -0.2) is 4.79 Å². The van der Waals surface area contributed by atoms with Gasteiger partial charge in [0.05, 0.1) is 36.1 Å². The van der Waals surface area contributed by atoms with Gasteiger partial charge in [-0.15, -0.1) is 0 Å². The van der Waals surface area contributed by atoms with Crippen molar-refractivity contribution in [1.82, 2.24) is 9.80 Å². The van der Waals surface area contributed by atoms with Crippen LogP contribution in [0.25, 0.3) is 10.8 Å². The fourth-order valence-corrected chi connectivity index (χ4v) is 5.44. The van der Waals surface area contributed by atoms with E-state index < -0.39 is 12.1 Å². The fraction of sp³-hybridized carbons (Fsp3) is 0.471. The zero-order chi connectivity index (χ0) is 30.9. The van der Waals surface area contributed by atoms with Crippen molar-refractivity contribution in [3.05, 3.63) is 66.2 Å². The topological polar surface area (TPSA) is 103 Å². The second-order valence-electron chi connectivity index (χ2n) is 11.9. The van der Waals surface area contributed by atoms with Crippen LogP contribution >= 0.6 is 0 Å². The quantitative estimate of drug-likeness (QED) is 0.333. The summed E-state index contributed by atoms with van der Waals surface area (Å²) in [7, 11) is 4.03. The van der Waals surface area contributed by atoms with Crippen molar-refractivity contribution >= 4 is 34.1 Å². The summed E-state index contributed by atoms with van der Waals surface area (Å²) in [5.74, 6) is 0.201. The van der Waals surface area contributed by atoms with Crippen molar-refractivity contribution in [2.75, 3.05) is 51.0 Å². The Bertz CT molecular complexity index is 1370. The summed E-state index contributed by atoms with van der Waals surface area (Å²) in [6.45, 7) is 7.49. The highest BCUT2D eigenvalue weighted by Crippen LogP contribution is 2.29. The number of ether oxygens (including phenoxy) is 2. The molecule has 0 radical (unpaired) electrons. The highest BCUT2D eigenvalue weighted by molar-refractivity contribution is 6.07. The first kappa shape index (κ1) is 32.3.